The number of pyridine rings is 1. The predicted octanol–water partition coefficient (Wildman–Crippen LogP) is 4.78. The lowest BCUT2D eigenvalue weighted by atomic mass is 9.90. The van der Waals surface area contributed by atoms with Gasteiger partial charge in [0.25, 0.3) is 0 Å². The summed E-state index contributed by atoms with van der Waals surface area (Å²) in [6.45, 7) is 0. The second-order valence-corrected chi connectivity index (χ2v) is 5.41. The Morgan fingerprint density at radius 2 is 1.90 bits per heavy atom. The average Bonchev–Trinajstić information content (AvgIpc) is 2.98. The number of nitrogens with zero attached hydrogens (tertiary/aromatic N) is 2. The van der Waals surface area contributed by atoms with E-state index in [1.165, 1.54) is 12.3 Å². The van der Waals surface area contributed by atoms with Crippen LogP contribution < -0.4 is 0 Å². The number of hydrogen-bond donors (Lipinski definition) is 0. The van der Waals surface area contributed by atoms with Crippen molar-refractivity contribution in [1.82, 2.24) is 4.98 Å². The van der Waals surface area contributed by atoms with Gasteiger partial charge in [-0.15, -0.1) is 0 Å². The topological polar surface area (TPSA) is 36.7 Å². The highest BCUT2D eigenvalue weighted by molar-refractivity contribution is 5.85. The molecule has 2 aromatic rings. The maximum absolute atomic E-state index is 12.9. The minimum Gasteiger partial charge on any atom is -0.255 e. The molecule has 1 saturated carbocycles. The third kappa shape index (κ3) is 2.46. The Morgan fingerprint density at radius 1 is 1.19 bits per heavy atom. The normalized spacial score (nSPS) is 16.3. The molecule has 1 heterocycles. The van der Waals surface area contributed by atoms with Crippen molar-refractivity contribution in [2.75, 3.05) is 0 Å². The van der Waals surface area contributed by atoms with Gasteiger partial charge in [-0.2, -0.15) is 18.4 Å². The van der Waals surface area contributed by atoms with Crippen LogP contribution in [0.4, 0.5) is 13.2 Å². The Morgan fingerprint density at radius 3 is 2.52 bits per heavy atom. The number of hydrogen-bond acceptors (Lipinski definition) is 2. The van der Waals surface area contributed by atoms with Crippen molar-refractivity contribution in [3.05, 3.63) is 41.1 Å². The van der Waals surface area contributed by atoms with Crippen LogP contribution in [0.15, 0.2) is 24.4 Å². The molecule has 1 aromatic carbocycles. The van der Waals surface area contributed by atoms with Crippen LogP contribution in [0.5, 0.6) is 0 Å². The zero-order valence-corrected chi connectivity index (χ0v) is 11.2. The summed E-state index contributed by atoms with van der Waals surface area (Å²) in [5.74, 6) is 0.161. The smallest absolute Gasteiger partial charge is 0.255 e. The first-order valence-corrected chi connectivity index (χ1v) is 6.90. The fourth-order valence-electron chi connectivity index (χ4n) is 3.13. The third-order valence-corrected chi connectivity index (χ3v) is 4.12. The minimum atomic E-state index is -4.39. The number of halogens is 3. The van der Waals surface area contributed by atoms with Gasteiger partial charge in [-0.1, -0.05) is 12.8 Å². The van der Waals surface area contributed by atoms with E-state index in [9.17, 15) is 18.4 Å². The van der Waals surface area contributed by atoms with Crippen molar-refractivity contribution in [3.63, 3.8) is 0 Å². The SMILES string of the molecule is N#Cc1cnc2ccc(C(F)(F)F)cc2c1C1CCCC1. The summed E-state index contributed by atoms with van der Waals surface area (Å²) in [5, 5.41) is 9.72. The van der Waals surface area contributed by atoms with Gasteiger partial charge in [0.05, 0.1) is 16.6 Å². The molecule has 0 unspecified atom stereocenters. The Balaban J connectivity index is 2.27. The van der Waals surface area contributed by atoms with Gasteiger partial charge in [-0.3, -0.25) is 4.98 Å². The fourth-order valence-corrected chi connectivity index (χ4v) is 3.13. The molecule has 1 aliphatic carbocycles. The van der Waals surface area contributed by atoms with E-state index in [-0.39, 0.29) is 5.92 Å². The lowest BCUT2D eigenvalue weighted by Crippen LogP contribution is -2.06. The highest BCUT2D eigenvalue weighted by Crippen LogP contribution is 2.40. The van der Waals surface area contributed by atoms with Gasteiger partial charge in [0.1, 0.15) is 6.07 Å². The van der Waals surface area contributed by atoms with Gasteiger partial charge in [0.15, 0.2) is 0 Å². The summed E-state index contributed by atoms with van der Waals surface area (Å²) < 4.78 is 38.8. The maximum atomic E-state index is 12.9. The van der Waals surface area contributed by atoms with Gasteiger partial charge < -0.3 is 0 Å². The molecule has 1 fully saturated rings. The number of benzene rings is 1. The first kappa shape index (κ1) is 13.9. The summed E-state index contributed by atoms with van der Waals surface area (Å²) in [7, 11) is 0. The largest absolute Gasteiger partial charge is 0.416 e. The first-order chi connectivity index (χ1) is 10.0. The van der Waals surface area contributed by atoms with E-state index in [2.05, 4.69) is 11.1 Å². The Bertz CT molecular complexity index is 723. The molecule has 108 valence electrons. The molecule has 5 heteroatoms. The van der Waals surface area contributed by atoms with E-state index >= 15 is 0 Å². The average molecular weight is 290 g/mol. The second-order valence-electron chi connectivity index (χ2n) is 5.41. The van der Waals surface area contributed by atoms with Gasteiger partial charge >= 0.3 is 6.18 Å². The van der Waals surface area contributed by atoms with Crippen LogP contribution in [0.2, 0.25) is 0 Å². The molecule has 1 aromatic heterocycles. The number of aromatic nitrogens is 1. The molecule has 0 spiro atoms. The van der Waals surface area contributed by atoms with Crippen molar-refractivity contribution in [2.45, 2.75) is 37.8 Å². The highest BCUT2D eigenvalue weighted by Gasteiger charge is 2.31. The summed E-state index contributed by atoms with van der Waals surface area (Å²) in [5.41, 5.74) is 0.967. The van der Waals surface area contributed by atoms with Crippen molar-refractivity contribution in [3.8, 4) is 6.07 Å². The fraction of sp³-hybridized carbons (Fsp3) is 0.375. The van der Waals surface area contributed by atoms with Crippen molar-refractivity contribution < 1.29 is 13.2 Å². The molecule has 21 heavy (non-hydrogen) atoms. The van der Waals surface area contributed by atoms with Crippen molar-refractivity contribution in [2.24, 2.45) is 0 Å². The van der Waals surface area contributed by atoms with E-state index in [1.54, 1.807) is 0 Å². The number of rotatable bonds is 1. The molecular weight excluding hydrogens is 277 g/mol. The summed E-state index contributed by atoms with van der Waals surface area (Å²) in [6, 6.07) is 5.64. The van der Waals surface area contributed by atoms with E-state index in [1.807, 2.05) is 0 Å². The summed E-state index contributed by atoms with van der Waals surface area (Å²) in [4.78, 5) is 4.12. The zero-order valence-electron chi connectivity index (χ0n) is 11.2. The molecule has 0 saturated heterocycles. The van der Waals surface area contributed by atoms with Crippen LogP contribution in [-0.2, 0) is 6.18 Å². The highest BCUT2D eigenvalue weighted by atomic mass is 19.4. The molecule has 0 amide bonds. The third-order valence-electron chi connectivity index (χ3n) is 4.12. The van der Waals surface area contributed by atoms with E-state index < -0.39 is 11.7 Å². The van der Waals surface area contributed by atoms with Crippen LogP contribution >= 0.6 is 0 Å². The van der Waals surface area contributed by atoms with Crippen LogP contribution in [0.3, 0.4) is 0 Å². The molecule has 0 radical (unpaired) electrons. The van der Waals surface area contributed by atoms with Gasteiger partial charge in [0, 0.05) is 11.6 Å². The Kier molecular flexibility index (Phi) is 3.32. The zero-order chi connectivity index (χ0) is 15.0. The standard InChI is InChI=1S/C16H13F3N2/c17-16(18,19)12-5-6-14-13(7-12)15(10-3-1-2-4-10)11(8-20)9-21-14/h5-7,9-10H,1-4H2. The van der Waals surface area contributed by atoms with Crippen molar-refractivity contribution in [1.29, 1.82) is 5.26 Å². The monoisotopic (exact) mass is 290 g/mol. The van der Waals surface area contributed by atoms with E-state index in [0.29, 0.717) is 16.5 Å². The predicted molar refractivity (Wildman–Crippen MR) is 72.7 cm³/mol. The Hall–Kier alpha value is -2.09. The molecule has 2 nitrogen and oxygen atoms in total. The molecule has 0 aliphatic heterocycles. The first-order valence-electron chi connectivity index (χ1n) is 6.90. The quantitative estimate of drug-likeness (QED) is 0.757. The van der Waals surface area contributed by atoms with E-state index in [0.717, 1.165) is 43.4 Å². The van der Waals surface area contributed by atoms with Gasteiger partial charge in [0.2, 0.25) is 0 Å². The van der Waals surface area contributed by atoms with Crippen LogP contribution in [0.25, 0.3) is 10.9 Å². The van der Waals surface area contributed by atoms with Crippen LogP contribution in [0.1, 0.15) is 48.3 Å². The lowest BCUT2D eigenvalue weighted by Gasteiger charge is -2.16. The summed E-state index contributed by atoms with van der Waals surface area (Å²) in [6.07, 6.45) is 1.04. The van der Waals surface area contributed by atoms with Crippen LogP contribution in [0, 0.1) is 11.3 Å². The Labute approximate surface area is 120 Å². The molecule has 1 aliphatic rings. The molecule has 0 atom stereocenters. The number of alkyl halides is 3. The van der Waals surface area contributed by atoms with Crippen LogP contribution in [-0.4, -0.2) is 4.98 Å². The maximum Gasteiger partial charge on any atom is 0.416 e. The minimum absolute atomic E-state index is 0.161. The molecule has 0 N–H and O–H groups in total. The molecule has 3 rings (SSSR count). The summed E-state index contributed by atoms with van der Waals surface area (Å²) >= 11 is 0. The number of fused-ring (bicyclic) bond motifs is 1. The molecular formula is C16H13F3N2. The lowest BCUT2D eigenvalue weighted by molar-refractivity contribution is -0.137. The van der Waals surface area contributed by atoms with Gasteiger partial charge in [-0.25, -0.2) is 0 Å². The van der Waals surface area contributed by atoms with E-state index in [4.69, 9.17) is 0 Å². The number of nitriles is 1. The van der Waals surface area contributed by atoms with Crippen molar-refractivity contribution >= 4 is 10.9 Å². The second kappa shape index (κ2) is 5.03. The molecule has 0 bridgehead atoms. The van der Waals surface area contributed by atoms with Gasteiger partial charge in [-0.05, 0) is 42.5 Å².